The van der Waals surface area contributed by atoms with Crippen LogP contribution < -0.4 is 11.1 Å². The number of carbonyl (C=O) groups excluding carboxylic acids is 2. The van der Waals surface area contributed by atoms with Gasteiger partial charge in [-0.15, -0.1) is 0 Å². The predicted molar refractivity (Wildman–Crippen MR) is 155 cm³/mol. The molecule has 1 aliphatic carbocycles. The van der Waals surface area contributed by atoms with Crippen molar-refractivity contribution in [3.8, 4) is 17.1 Å². The first-order valence-corrected chi connectivity index (χ1v) is 13.8. The Bertz CT molecular complexity index is 1520. The van der Waals surface area contributed by atoms with Crippen LogP contribution in [0.5, 0.6) is 0 Å². The number of amides is 2. The molecule has 0 aliphatic heterocycles. The SMILES string of the molecule is CC1(C)[C@@H](CC(=O)N[C@@H](Cc2ccccc2)C(N)=O)C[C@H]1c1cc(-c2cnccn2)nn1-c1ccc(Cl)c(Cl)c1. The molecule has 0 bridgehead atoms. The van der Waals surface area contributed by atoms with E-state index in [1.807, 2.05) is 47.1 Å². The lowest BCUT2D eigenvalue weighted by Crippen LogP contribution is -2.49. The highest BCUT2D eigenvalue weighted by molar-refractivity contribution is 6.42. The van der Waals surface area contributed by atoms with Gasteiger partial charge in [-0.25, -0.2) is 4.68 Å². The number of nitrogens with two attached hydrogens (primary N) is 1. The summed E-state index contributed by atoms with van der Waals surface area (Å²) in [6.07, 6.45) is 6.34. The Balaban J connectivity index is 1.35. The van der Waals surface area contributed by atoms with Crippen LogP contribution in [0.4, 0.5) is 0 Å². The minimum absolute atomic E-state index is 0.0971. The monoisotopic (exact) mass is 576 g/mol. The second kappa shape index (κ2) is 11.4. The maximum absolute atomic E-state index is 13.1. The summed E-state index contributed by atoms with van der Waals surface area (Å²) < 4.78 is 1.87. The summed E-state index contributed by atoms with van der Waals surface area (Å²) in [5.41, 5.74) is 9.43. The summed E-state index contributed by atoms with van der Waals surface area (Å²) in [6, 6.07) is 16.2. The molecule has 0 radical (unpaired) electrons. The van der Waals surface area contributed by atoms with Gasteiger partial charge in [-0.1, -0.05) is 67.4 Å². The first-order chi connectivity index (χ1) is 19.1. The number of carbonyl (C=O) groups is 2. The summed E-state index contributed by atoms with van der Waals surface area (Å²) >= 11 is 12.5. The van der Waals surface area contributed by atoms with Crippen molar-refractivity contribution in [3.05, 3.63) is 94.5 Å². The fourth-order valence-electron chi connectivity index (χ4n) is 5.44. The predicted octanol–water partition coefficient (Wildman–Crippen LogP) is 5.37. The van der Waals surface area contributed by atoms with Gasteiger partial charge in [0.05, 0.1) is 21.9 Å². The number of benzene rings is 2. The van der Waals surface area contributed by atoms with Gasteiger partial charge in [-0.05, 0) is 47.6 Å². The molecule has 5 rings (SSSR count). The van der Waals surface area contributed by atoms with Crippen LogP contribution in [-0.2, 0) is 16.0 Å². The minimum atomic E-state index is -0.764. The molecule has 2 amide bonds. The molecule has 0 saturated heterocycles. The van der Waals surface area contributed by atoms with E-state index in [1.165, 1.54) is 0 Å². The maximum Gasteiger partial charge on any atom is 0.240 e. The lowest BCUT2D eigenvalue weighted by Gasteiger charge is -2.52. The van der Waals surface area contributed by atoms with Crippen LogP contribution in [0.2, 0.25) is 10.0 Å². The molecule has 0 spiro atoms. The van der Waals surface area contributed by atoms with Crippen LogP contribution in [0.1, 0.15) is 43.9 Å². The topological polar surface area (TPSA) is 116 Å². The van der Waals surface area contributed by atoms with Crippen molar-refractivity contribution in [2.75, 3.05) is 0 Å². The van der Waals surface area contributed by atoms with Crippen molar-refractivity contribution in [1.29, 1.82) is 0 Å². The minimum Gasteiger partial charge on any atom is -0.368 e. The summed E-state index contributed by atoms with van der Waals surface area (Å²) in [6.45, 7) is 4.31. The number of hydrogen-bond acceptors (Lipinski definition) is 5. The van der Waals surface area contributed by atoms with E-state index in [0.717, 1.165) is 23.4 Å². The lowest BCUT2D eigenvalue weighted by atomic mass is 9.52. The Morgan fingerprint density at radius 3 is 2.50 bits per heavy atom. The number of halogens is 2. The van der Waals surface area contributed by atoms with Crippen molar-refractivity contribution in [1.82, 2.24) is 25.1 Å². The summed E-state index contributed by atoms with van der Waals surface area (Å²) in [4.78, 5) is 33.7. The Labute approximate surface area is 242 Å². The highest BCUT2D eigenvalue weighted by atomic mass is 35.5. The first-order valence-electron chi connectivity index (χ1n) is 13.1. The number of nitrogens with one attached hydrogen (secondary N) is 1. The molecule has 3 N–H and O–H groups in total. The lowest BCUT2D eigenvalue weighted by molar-refractivity contribution is -0.130. The van der Waals surface area contributed by atoms with Crippen molar-refractivity contribution in [2.45, 2.75) is 45.1 Å². The van der Waals surface area contributed by atoms with Crippen LogP contribution in [0, 0.1) is 11.3 Å². The average molecular weight is 578 g/mol. The molecule has 8 nitrogen and oxygen atoms in total. The fraction of sp³-hybridized carbons (Fsp3) is 0.300. The van der Waals surface area contributed by atoms with Crippen molar-refractivity contribution in [3.63, 3.8) is 0 Å². The van der Waals surface area contributed by atoms with Gasteiger partial charge < -0.3 is 11.1 Å². The number of nitrogens with zero attached hydrogens (tertiary/aromatic N) is 4. The molecule has 206 valence electrons. The van der Waals surface area contributed by atoms with Crippen molar-refractivity contribution < 1.29 is 9.59 Å². The molecule has 2 aromatic heterocycles. The molecular formula is C30H30Cl2N6O2. The largest absolute Gasteiger partial charge is 0.368 e. The highest BCUT2D eigenvalue weighted by Gasteiger charge is 2.50. The molecule has 3 atom stereocenters. The van der Waals surface area contributed by atoms with Gasteiger partial charge in [-0.2, -0.15) is 5.10 Å². The molecule has 10 heteroatoms. The molecule has 0 unspecified atom stereocenters. The Kier molecular flexibility index (Phi) is 7.92. The van der Waals surface area contributed by atoms with E-state index >= 15 is 0 Å². The Morgan fingerprint density at radius 1 is 1.07 bits per heavy atom. The Hall–Kier alpha value is -3.75. The maximum atomic E-state index is 13.1. The van der Waals surface area contributed by atoms with Crippen LogP contribution in [0.15, 0.2) is 73.2 Å². The smallest absolute Gasteiger partial charge is 0.240 e. The van der Waals surface area contributed by atoms with Gasteiger partial charge in [0.2, 0.25) is 11.8 Å². The molecule has 2 heterocycles. The molecule has 2 aromatic carbocycles. The fourth-order valence-corrected chi connectivity index (χ4v) is 5.73. The van der Waals surface area contributed by atoms with Crippen molar-refractivity contribution >= 4 is 35.0 Å². The third-order valence-electron chi connectivity index (χ3n) is 7.93. The van der Waals surface area contributed by atoms with Gasteiger partial charge >= 0.3 is 0 Å². The van der Waals surface area contributed by atoms with Gasteiger partial charge in [-0.3, -0.25) is 19.6 Å². The van der Waals surface area contributed by atoms with E-state index in [9.17, 15) is 9.59 Å². The van der Waals surface area contributed by atoms with E-state index in [0.29, 0.717) is 34.3 Å². The zero-order chi connectivity index (χ0) is 28.4. The van der Waals surface area contributed by atoms with Gasteiger partial charge in [0.1, 0.15) is 17.4 Å². The summed E-state index contributed by atoms with van der Waals surface area (Å²) in [5, 5.41) is 8.61. The summed E-state index contributed by atoms with van der Waals surface area (Å²) in [5.74, 6) is -0.534. The second-order valence-corrected chi connectivity index (χ2v) is 11.6. The number of primary amides is 1. The van der Waals surface area contributed by atoms with Crippen LogP contribution >= 0.6 is 23.2 Å². The van der Waals surface area contributed by atoms with E-state index in [1.54, 1.807) is 30.7 Å². The molecule has 4 aromatic rings. The normalized spacial score (nSPS) is 18.5. The zero-order valence-corrected chi connectivity index (χ0v) is 23.7. The molecule has 1 fully saturated rings. The molecule has 1 saturated carbocycles. The summed E-state index contributed by atoms with van der Waals surface area (Å²) in [7, 11) is 0. The quantitative estimate of drug-likeness (QED) is 0.278. The van der Waals surface area contributed by atoms with E-state index in [2.05, 4.69) is 29.1 Å². The third-order valence-corrected chi connectivity index (χ3v) is 8.67. The average Bonchev–Trinajstić information content (AvgIpc) is 3.37. The third kappa shape index (κ3) is 5.74. The van der Waals surface area contributed by atoms with E-state index in [4.69, 9.17) is 34.0 Å². The molecule has 1 aliphatic rings. The number of rotatable bonds is 9. The van der Waals surface area contributed by atoms with Gasteiger partial charge in [0, 0.05) is 36.8 Å². The van der Waals surface area contributed by atoms with Gasteiger partial charge in [0.15, 0.2) is 0 Å². The van der Waals surface area contributed by atoms with Crippen LogP contribution in [-0.4, -0.2) is 37.6 Å². The van der Waals surface area contributed by atoms with Gasteiger partial charge in [0.25, 0.3) is 0 Å². The Morgan fingerprint density at radius 2 is 1.85 bits per heavy atom. The number of hydrogen-bond donors (Lipinski definition) is 2. The van der Waals surface area contributed by atoms with E-state index in [-0.39, 0.29) is 23.2 Å². The molecule has 40 heavy (non-hydrogen) atoms. The van der Waals surface area contributed by atoms with Crippen LogP contribution in [0.3, 0.4) is 0 Å². The highest BCUT2D eigenvalue weighted by Crippen LogP contribution is 2.58. The first kappa shape index (κ1) is 27.8. The van der Waals surface area contributed by atoms with Crippen LogP contribution in [0.25, 0.3) is 17.1 Å². The standard InChI is InChI=1S/C30H30Cl2N6O2/c1-30(2)19(14-28(39)36-25(29(33)40)12-18-6-4-3-5-7-18)13-21(30)27-16-24(26-17-34-10-11-35-26)37-38(27)20-8-9-22(31)23(32)15-20/h3-11,15-17,19,21,25H,12-14H2,1-2H3,(H2,33,40)(H,36,39)/t19-,21+,25+/m1/s1. The zero-order valence-electron chi connectivity index (χ0n) is 22.2. The molecular weight excluding hydrogens is 547 g/mol. The van der Waals surface area contributed by atoms with E-state index < -0.39 is 11.9 Å². The number of aromatic nitrogens is 4. The second-order valence-electron chi connectivity index (χ2n) is 10.8. The van der Waals surface area contributed by atoms with Crippen molar-refractivity contribution in [2.24, 2.45) is 17.1 Å².